The molecule has 0 N–H and O–H groups in total. The number of nitrogens with zero attached hydrogens (tertiary/aromatic N) is 2. The van der Waals surface area contributed by atoms with Crippen LogP contribution in [-0.2, 0) is 6.54 Å². The molecule has 2 heterocycles. The maximum atomic E-state index is 4.90. The smallest absolute Gasteiger partial charge is 0.141 e. The number of imidazole rings is 1. The summed E-state index contributed by atoms with van der Waals surface area (Å²) in [6.45, 7) is 0.848. The van der Waals surface area contributed by atoms with E-state index in [1.165, 1.54) is 20.3 Å². The monoisotopic (exact) mass is 370 g/mol. The highest BCUT2D eigenvalue weighted by Gasteiger charge is 2.13. The summed E-state index contributed by atoms with van der Waals surface area (Å²) < 4.78 is 3.54. The lowest BCUT2D eigenvalue weighted by Crippen LogP contribution is -2.32. The highest BCUT2D eigenvalue weighted by atomic mass is 79.9. The van der Waals surface area contributed by atoms with Gasteiger partial charge >= 0.3 is 0 Å². The number of hydrogen-bond donors (Lipinski definition) is 0. The number of thiophene rings is 1. The predicted molar refractivity (Wildman–Crippen MR) is 96.2 cm³/mol. The molecule has 0 atom stereocenters. The Kier molecular flexibility index (Phi) is 3.72. The van der Waals surface area contributed by atoms with Crippen molar-refractivity contribution in [1.29, 1.82) is 0 Å². The Morgan fingerprint density at radius 1 is 1.09 bits per heavy atom. The van der Waals surface area contributed by atoms with E-state index in [2.05, 4.69) is 68.4 Å². The SMILES string of the molecule is Brc1sccc1Cn1c(-c2ccccc2)nc2c1=CCCC=2. The summed E-state index contributed by atoms with van der Waals surface area (Å²) in [5.74, 6) is 1.05. The zero-order chi connectivity index (χ0) is 14.9. The van der Waals surface area contributed by atoms with Crippen LogP contribution in [0.4, 0.5) is 0 Å². The molecule has 0 spiro atoms. The van der Waals surface area contributed by atoms with Gasteiger partial charge in [-0.3, -0.25) is 0 Å². The average molecular weight is 371 g/mol. The summed E-state index contributed by atoms with van der Waals surface area (Å²) in [6.07, 6.45) is 6.74. The van der Waals surface area contributed by atoms with Crippen LogP contribution >= 0.6 is 27.3 Å². The molecule has 0 amide bonds. The Bertz CT molecular complexity index is 922. The molecule has 4 heteroatoms. The normalized spacial score (nSPS) is 13.3. The summed E-state index contributed by atoms with van der Waals surface area (Å²) in [7, 11) is 0. The van der Waals surface area contributed by atoms with Crippen molar-refractivity contribution in [3.8, 4) is 11.4 Å². The van der Waals surface area contributed by atoms with Gasteiger partial charge in [-0.15, -0.1) is 11.3 Å². The first-order chi connectivity index (χ1) is 10.8. The third kappa shape index (κ3) is 2.46. The van der Waals surface area contributed by atoms with Gasteiger partial charge in [0.05, 0.1) is 21.0 Å². The molecule has 0 bridgehead atoms. The molecule has 0 aliphatic heterocycles. The highest BCUT2D eigenvalue weighted by molar-refractivity contribution is 9.11. The number of halogens is 1. The molecule has 0 fully saturated rings. The molecular formula is C18H15BrN2S. The van der Waals surface area contributed by atoms with Crippen LogP contribution in [0.3, 0.4) is 0 Å². The van der Waals surface area contributed by atoms with Gasteiger partial charge in [0.25, 0.3) is 0 Å². The first kappa shape index (κ1) is 14.0. The van der Waals surface area contributed by atoms with E-state index < -0.39 is 0 Å². The third-order valence-corrected chi connectivity index (χ3v) is 5.74. The lowest BCUT2D eigenvalue weighted by atomic mass is 10.2. The molecule has 4 rings (SSSR count). The number of fused-ring (bicyclic) bond motifs is 1. The van der Waals surface area contributed by atoms with E-state index in [1.54, 1.807) is 11.3 Å². The van der Waals surface area contributed by atoms with Gasteiger partial charge in [-0.25, -0.2) is 4.98 Å². The van der Waals surface area contributed by atoms with Crippen molar-refractivity contribution in [1.82, 2.24) is 9.55 Å². The van der Waals surface area contributed by atoms with Crippen LogP contribution in [-0.4, -0.2) is 9.55 Å². The van der Waals surface area contributed by atoms with Crippen LogP contribution in [0.2, 0.25) is 0 Å². The number of aromatic nitrogens is 2. The van der Waals surface area contributed by atoms with Crippen LogP contribution in [0, 0.1) is 0 Å². The van der Waals surface area contributed by atoms with Crippen LogP contribution in [0.15, 0.2) is 45.6 Å². The Morgan fingerprint density at radius 2 is 1.91 bits per heavy atom. The van der Waals surface area contributed by atoms with Gasteiger partial charge in [0.1, 0.15) is 5.82 Å². The van der Waals surface area contributed by atoms with Crippen molar-refractivity contribution in [2.45, 2.75) is 19.4 Å². The van der Waals surface area contributed by atoms with Crippen molar-refractivity contribution >= 4 is 39.4 Å². The predicted octanol–water partition coefficient (Wildman–Crippen LogP) is 3.78. The minimum Gasteiger partial charge on any atom is -0.320 e. The molecule has 2 aromatic heterocycles. The molecule has 0 radical (unpaired) electrons. The maximum Gasteiger partial charge on any atom is 0.141 e. The fourth-order valence-electron chi connectivity index (χ4n) is 2.86. The fraction of sp³-hybridized carbons (Fsp3) is 0.167. The molecule has 3 aromatic rings. The lowest BCUT2D eigenvalue weighted by Gasteiger charge is -2.09. The second-order valence-electron chi connectivity index (χ2n) is 5.36. The number of rotatable bonds is 3. The summed E-state index contributed by atoms with van der Waals surface area (Å²) in [4.78, 5) is 4.90. The summed E-state index contributed by atoms with van der Waals surface area (Å²) in [5.41, 5.74) is 2.48. The molecule has 2 nitrogen and oxygen atoms in total. The Balaban J connectivity index is 1.92. The molecule has 0 saturated carbocycles. The fourth-order valence-corrected chi connectivity index (χ4v) is 4.08. The van der Waals surface area contributed by atoms with Crippen molar-refractivity contribution < 1.29 is 0 Å². The van der Waals surface area contributed by atoms with Crippen molar-refractivity contribution in [3.05, 3.63) is 61.8 Å². The van der Waals surface area contributed by atoms with Crippen LogP contribution in [0.25, 0.3) is 23.5 Å². The molecule has 1 aromatic carbocycles. The van der Waals surface area contributed by atoms with Crippen molar-refractivity contribution in [2.24, 2.45) is 0 Å². The van der Waals surface area contributed by atoms with Crippen molar-refractivity contribution in [2.75, 3.05) is 0 Å². The van der Waals surface area contributed by atoms with Gasteiger partial charge in [0, 0.05) is 5.56 Å². The van der Waals surface area contributed by atoms with Crippen LogP contribution < -0.4 is 10.7 Å². The van der Waals surface area contributed by atoms with E-state index >= 15 is 0 Å². The van der Waals surface area contributed by atoms with Gasteiger partial charge < -0.3 is 4.57 Å². The first-order valence-corrected chi connectivity index (χ1v) is 9.04. The van der Waals surface area contributed by atoms with Crippen LogP contribution in [0.5, 0.6) is 0 Å². The second-order valence-corrected chi connectivity index (χ2v) is 7.60. The summed E-state index contributed by atoms with van der Waals surface area (Å²) >= 11 is 5.39. The van der Waals surface area contributed by atoms with E-state index in [1.807, 2.05) is 6.07 Å². The van der Waals surface area contributed by atoms with Gasteiger partial charge in [0.2, 0.25) is 0 Å². The average Bonchev–Trinajstić information content (AvgIpc) is 3.13. The zero-order valence-electron chi connectivity index (χ0n) is 12.0. The summed E-state index contributed by atoms with van der Waals surface area (Å²) in [6, 6.07) is 12.6. The topological polar surface area (TPSA) is 17.8 Å². The standard InChI is InChI=1S/C18H15BrN2S/c19-17-14(10-11-22-17)12-21-16-9-5-4-8-15(16)20-18(21)13-6-2-1-3-7-13/h1-3,6-11H,4-5,12H2. The van der Waals surface area contributed by atoms with E-state index in [9.17, 15) is 0 Å². The minimum absolute atomic E-state index is 0.848. The largest absolute Gasteiger partial charge is 0.320 e. The number of benzene rings is 1. The Hall–Kier alpha value is -1.65. The molecule has 0 unspecified atom stereocenters. The first-order valence-electron chi connectivity index (χ1n) is 7.37. The van der Waals surface area contributed by atoms with Gasteiger partial charge in [-0.05, 0) is 45.8 Å². The second kappa shape index (κ2) is 5.86. The molecule has 1 aliphatic rings. The quantitative estimate of drug-likeness (QED) is 0.685. The molecule has 1 aliphatic carbocycles. The Labute approximate surface area is 141 Å². The molecule has 0 saturated heterocycles. The van der Waals surface area contributed by atoms with Gasteiger partial charge in [-0.2, -0.15) is 0 Å². The lowest BCUT2D eigenvalue weighted by molar-refractivity contribution is 0.778. The van der Waals surface area contributed by atoms with Gasteiger partial charge in [-0.1, -0.05) is 42.5 Å². The third-order valence-electron chi connectivity index (χ3n) is 3.93. The zero-order valence-corrected chi connectivity index (χ0v) is 14.4. The highest BCUT2D eigenvalue weighted by Crippen LogP contribution is 2.25. The minimum atomic E-state index is 0.848. The van der Waals surface area contributed by atoms with Gasteiger partial charge in [0.15, 0.2) is 0 Å². The number of hydrogen-bond acceptors (Lipinski definition) is 2. The van der Waals surface area contributed by atoms with E-state index in [4.69, 9.17) is 4.98 Å². The van der Waals surface area contributed by atoms with E-state index in [0.717, 1.165) is 30.6 Å². The van der Waals surface area contributed by atoms with Crippen LogP contribution in [0.1, 0.15) is 18.4 Å². The molecule has 110 valence electrons. The molecular weight excluding hydrogens is 356 g/mol. The van der Waals surface area contributed by atoms with E-state index in [0.29, 0.717) is 0 Å². The maximum absolute atomic E-state index is 4.90. The molecule has 22 heavy (non-hydrogen) atoms. The summed E-state index contributed by atoms with van der Waals surface area (Å²) in [5, 5.41) is 4.50. The Morgan fingerprint density at radius 3 is 2.68 bits per heavy atom. The van der Waals surface area contributed by atoms with Crippen molar-refractivity contribution in [3.63, 3.8) is 0 Å². The van der Waals surface area contributed by atoms with E-state index in [-0.39, 0.29) is 0 Å².